The summed E-state index contributed by atoms with van der Waals surface area (Å²) in [5.74, 6) is -3.93. The lowest BCUT2D eigenvalue weighted by molar-refractivity contribution is -0.146. The molecule has 39 heavy (non-hydrogen) atoms. The lowest BCUT2D eigenvalue weighted by Crippen LogP contribution is -2.45. The number of nitrogens with zero attached hydrogens (tertiary/aromatic N) is 3. The van der Waals surface area contributed by atoms with E-state index < -0.39 is 65.8 Å². The molecule has 5 rings (SSSR count). The predicted octanol–water partition coefficient (Wildman–Crippen LogP) is 6.10. The second-order valence-corrected chi connectivity index (χ2v) is 11.5. The van der Waals surface area contributed by atoms with Crippen LogP contribution < -0.4 is 0 Å². The molecule has 3 fully saturated rings. The zero-order valence-corrected chi connectivity index (χ0v) is 22.1. The van der Waals surface area contributed by atoms with Crippen molar-refractivity contribution in [2.24, 2.45) is 17.8 Å². The molecule has 1 aromatic heterocycles. The van der Waals surface area contributed by atoms with E-state index in [0.717, 1.165) is 15.8 Å². The summed E-state index contributed by atoms with van der Waals surface area (Å²) in [5, 5.41) is 13.1. The number of ketones is 1. The van der Waals surface area contributed by atoms with E-state index in [0.29, 0.717) is 12.8 Å². The van der Waals surface area contributed by atoms with Crippen molar-refractivity contribution in [3.05, 3.63) is 51.3 Å². The van der Waals surface area contributed by atoms with Gasteiger partial charge < -0.3 is 10.0 Å². The number of halogens is 6. The maximum Gasteiger partial charge on any atom is 0.433 e. The van der Waals surface area contributed by atoms with Gasteiger partial charge in [-0.2, -0.15) is 18.3 Å². The van der Waals surface area contributed by atoms with Crippen LogP contribution in [0.15, 0.2) is 24.4 Å². The monoisotopic (exact) mass is 589 g/mol. The Hall–Kier alpha value is -2.66. The van der Waals surface area contributed by atoms with E-state index in [2.05, 4.69) is 5.10 Å². The fourth-order valence-corrected chi connectivity index (χ4v) is 6.96. The number of alkyl halides is 4. The molecule has 3 aliphatic rings. The van der Waals surface area contributed by atoms with E-state index in [1.54, 1.807) is 0 Å². The molecule has 0 radical (unpaired) electrons. The topological polar surface area (TPSA) is 92.5 Å². The second-order valence-electron chi connectivity index (χ2n) is 10.7. The largest absolute Gasteiger partial charge is 0.481 e. The van der Waals surface area contributed by atoms with Gasteiger partial charge in [-0.15, -0.1) is 0 Å². The predicted molar refractivity (Wildman–Crippen MR) is 133 cm³/mol. The van der Waals surface area contributed by atoms with Crippen LogP contribution in [-0.2, 0) is 11.0 Å². The second kappa shape index (κ2) is 10.1. The van der Waals surface area contributed by atoms with Gasteiger partial charge in [0.1, 0.15) is 5.67 Å². The van der Waals surface area contributed by atoms with Gasteiger partial charge in [-0.25, -0.2) is 4.39 Å². The lowest BCUT2D eigenvalue weighted by Gasteiger charge is -2.30. The highest BCUT2D eigenvalue weighted by Crippen LogP contribution is 2.61. The number of hydrogen-bond donors (Lipinski definition) is 1. The molecule has 2 aromatic rings. The van der Waals surface area contributed by atoms with Crippen LogP contribution in [-0.4, -0.2) is 56.2 Å². The van der Waals surface area contributed by atoms with Gasteiger partial charge in [-0.1, -0.05) is 42.1 Å². The Morgan fingerprint density at radius 1 is 1.10 bits per heavy atom. The lowest BCUT2D eigenvalue weighted by atomic mass is 10.0. The van der Waals surface area contributed by atoms with Gasteiger partial charge in [0.15, 0.2) is 11.5 Å². The van der Waals surface area contributed by atoms with E-state index in [-0.39, 0.29) is 53.1 Å². The number of Topliss-reactive ketones (excluding diaryl/α,β-unsaturated/α-hetero) is 1. The van der Waals surface area contributed by atoms with Crippen LogP contribution >= 0.6 is 23.2 Å². The molecule has 0 aliphatic heterocycles. The number of aliphatic carboxylic acids is 1. The molecule has 4 atom stereocenters. The first-order valence-electron chi connectivity index (χ1n) is 12.6. The van der Waals surface area contributed by atoms with Crippen molar-refractivity contribution in [2.75, 3.05) is 13.1 Å². The van der Waals surface area contributed by atoms with Crippen LogP contribution in [0.4, 0.5) is 17.6 Å². The van der Waals surface area contributed by atoms with E-state index in [1.807, 2.05) is 0 Å². The molecule has 1 aromatic carbocycles. The molecule has 7 nitrogen and oxygen atoms in total. The number of rotatable bonds is 8. The minimum Gasteiger partial charge on any atom is -0.481 e. The Morgan fingerprint density at radius 3 is 2.23 bits per heavy atom. The Kier molecular flexibility index (Phi) is 7.20. The molecule has 0 saturated heterocycles. The van der Waals surface area contributed by atoms with Gasteiger partial charge in [-0.05, 0) is 49.7 Å². The van der Waals surface area contributed by atoms with Gasteiger partial charge in [0.2, 0.25) is 0 Å². The summed E-state index contributed by atoms with van der Waals surface area (Å²) in [6, 6.07) is 3.60. The van der Waals surface area contributed by atoms with Crippen molar-refractivity contribution < 1.29 is 37.1 Å². The summed E-state index contributed by atoms with van der Waals surface area (Å²) in [7, 11) is 0. The van der Waals surface area contributed by atoms with Crippen molar-refractivity contribution in [3.8, 4) is 0 Å². The summed E-state index contributed by atoms with van der Waals surface area (Å²) in [4.78, 5) is 38.9. The summed E-state index contributed by atoms with van der Waals surface area (Å²) >= 11 is 12.3. The van der Waals surface area contributed by atoms with Crippen molar-refractivity contribution in [2.45, 2.75) is 56.4 Å². The first kappa shape index (κ1) is 27.9. The maximum atomic E-state index is 15.5. The minimum atomic E-state index is -4.98. The third-order valence-corrected chi connectivity index (χ3v) is 8.81. The molecule has 0 spiro atoms. The van der Waals surface area contributed by atoms with Gasteiger partial charge >= 0.3 is 12.1 Å². The fourth-order valence-electron chi connectivity index (χ4n) is 6.35. The van der Waals surface area contributed by atoms with Gasteiger partial charge in [0, 0.05) is 0 Å². The number of carbonyl (C=O) groups excluding carboxylic acids is 2. The highest BCUT2D eigenvalue weighted by Gasteiger charge is 2.61. The highest BCUT2D eigenvalue weighted by atomic mass is 35.5. The molecule has 2 unspecified atom stereocenters. The first-order valence-corrected chi connectivity index (χ1v) is 13.4. The van der Waals surface area contributed by atoms with E-state index in [1.165, 1.54) is 18.2 Å². The van der Waals surface area contributed by atoms with Crippen LogP contribution in [0.1, 0.15) is 71.0 Å². The summed E-state index contributed by atoms with van der Waals surface area (Å²) in [6.45, 7) is -1.31. The highest BCUT2D eigenvalue weighted by molar-refractivity contribution is 6.40. The normalized spacial score (nSPS) is 25.4. The molecule has 1 heterocycles. The maximum absolute atomic E-state index is 15.5. The van der Waals surface area contributed by atoms with E-state index >= 15 is 4.39 Å². The van der Waals surface area contributed by atoms with Crippen LogP contribution in [0.3, 0.4) is 0 Å². The molecule has 0 bridgehead atoms. The standard InChI is InChI=1S/C26H25Cl2F4N3O4/c27-17-4-3-5-18(28)21(17)19(36)11-34(12-25(29)6-1-2-7-25)23(37)16-10-33-35(22(16)26(30,31)32)13-8-14-15(9-13)20(14)24(38)39/h3-5,10,13-15,20H,1-2,6-9,11-12H2,(H,38,39)/t13?,14-,15+,20?. The number of aromatic nitrogens is 2. The number of carboxylic acid groups (broad SMARTS) is 1. The van der Waals surface area contributed by atoms with Gasteiger partial charge in [0.05, 0.1) is 52.4 Å². The number of carbonyl (C=O) groups is 3. The van der Waals surface area contributed by atoms with Crippen molar-refractivity contribution in [1.29, 1.82) is 0 Å². The number of carboxylic acids is 1. The SMILES string of the molecule is O=C(CN(CC1(F)CCCC1)C(=O)c1cnn(C2C[C@@H]3C(C(=O)O)[C@@H]3C2)c1C(F)(F)F)c1c(Cl)cccc1Cl. The van der Waals surface area contributed by atoms with E-state index in [9.17, 15) is 32.7 Å². The van der Waals surface area contributed by atoms with Gasteiger partial charge in [-0.3, -0.25) is 19.1 Å². The molecule has 210 valence electrons. The fraction of sp³-hybridized carbons (Fsp3) is 0.538. The number of benzene rings is 1. The van der Waals surface area contributed by atoms with Crippen LogP contribution in [0.5, 0.6) is 0 Å². The smallest absolute Gasteiger partial charge is 0.433 e. The van der Waals surface area contributed by atoms with Crippen LogP contribution in [0.25, 0.3) is 0 Å². The molecule has 1 N–H and O–H groups in total. The van der Waals surface area contributed by atoms with Gasteiger partial charge in [0.25, 0.3) is 5.91 Å². The van der Waals surface area contributed by atoms with Crippen molar-refractivity contribution >= 4 is 40.9 Å². The van der Waals surface area contributed by atoms with E-state index in [4.69, 9.17) is 23.2 Å². The zero-order chi connectivity index (χ0) is 28.3. The molecule has 13 heteroatoms. The Labute approximate surface area is 231 Å². The third kappa shape index (κ3) is 5.27. The minimum absolute atomic E-state index is 0.000934. The summed E-state index contributed by atoms with van der Waals surface area (Å²) in [5.41, 5.74) is -4.05. The average Bonchev–Trinajstić information content (AvgIpc) is 3.26. The molecular weight excluding hydrogens is 565 g/mol. The Bertz CT molecular complexity index is 1290. The van der Waals surface area contributed by atoms with Crippen LogP contribution in [0.2, 0.25) is 10.0 Å². The third-order valence-electron chi connectivity index (χ3n) is 8.18. The quantitative estimate of drug-likeness (QED) is 0.297. The molecule has 3 aliphatic carbocycles. The number of fused-ring (bicyclic) bond motifs is 1. The Morgan fingerprint density at radius 2 is 1.69 bits per heavy atom. The van der Waals surface area contributed by atoms with Crippen molar-refractivity contribution in [3.63, 3.8) is 0 Å². The number of hydrogen-bond acceptors (Lipinski definition) is 4. The summed E-state index contributed by atoms with van der Waals surface area (Å²) in [6.07, 6.45) is -2.47. The molecule has 1 amide bonds. The average molecular weight is 590 g/mol. The first-order chi connectivity index (χ1) is 18.3. The molecular formula is C26H25Cl2F4N3O4. The van der Waals surface area contributed by atoms with Crippen molar-refractivity contribution in [1.82, 2.24) is 14.7 Å². The number of amides is 1. The molecule has 3 saturated carbocycles. The zero-order valence-electron chi connectivity index (χ0n) is 20.6. The summed E-state index contributed by atoms with van der Waals surface area (Å²) < 4.78 is 59.3. The van der Waals surface area contributed by atoms with Crippen LogP contribution in [0, 0.1) is 17.8 Å². The Balaban J connectivity index is 1.46.